The number of carboxylic acids is 1. The molecule has 1 aliphatic heterocycles. The van der Waals surface area contributed by atoms with Gasteiger partial charge in [-0.15, -0.1) is 0 Å². The largest absolute Gasteiger partial charge is 0.481 e. The van der Waals surface area contributed by atoms with Crippen molar-refractivity contribution in [1.82, 2.24) is 9.80 Å². The second-order valence-electron chi connectivity index (χ2n) is 7.49. The van der Waals surface area contributed by atoms with Crippen LogP contribution in [0.4, 0.5) is 0 Å². The molecule has 0 radical (unpaired) electrons. The van der Waals surface area contributed by atoms with Crippen molar-refractivity contribution in [2.75, 3.05) is 26.7 Å². The normalized spacial score (nSPS) is 19.2. The summed E-state index contributed by atoms with van der Waals surface area (Å²) < 4.78 is 0. The predicted molar refractivity (Wildman–Crippen MR) is 103 cm³/mol. The minimum atomic E-state index is -0.863. The number of piperidine rings is 1. The Kier molecular flexibility index (Phi) is 7.39. The second-order valence-corrected chi connectivity index (χ2v) is 7.49. The lowest BCUT2D eigenvalue weighted by molar-refractivity contribution is -0.147. The molecule has 0 spiro atoms. The van der Waals surface area contributed by atoms with Gasteiger partial charge in [-0.2, -0.15) is 0 Å². The molecule has 1 saturated heterocycles. The Balaban J connectivity index is 2.06. The summed E-state index contributed by atoms with van der Waals surface area (Å²) in [4.78, 5) is 40.0. The summed E-state index contributed by atoms with van der Waals surface area (Å²) in [5, 5.41) is 9.19. The number of amides is 2. The molecule has 148 valence electrons. The van der Waals surface area contributed by atoms with Crippen molar-refractivity contribution in [3.05, 3.63) is 35.9 Å². The first-order valence-electron chi connectivity index (χ1n) is 9.65. The van der Waals surface area contributed by atoms with Gasteiger partial charge in [-0.05, 0) is 24.3 Å². The van der Waals surface area contributed by atoms with Crippen LogP contribution in [0.3, 0.4) is 0 Å². The molecule has 1 aromatic carbocycles. The van der Waals surface area contributed by atoms with E-state index in [1.54, 1.807) is 11.9 Å². The Hall–Kier alpha value is -2.37. The Morgan fingerprint density at radius 3 is 2.52 bits per heavy atom. The van der Waals surface area contributed by atoms with Crippen molar-refractivity contribution >= 4 is 17.8 Å². The van der Waals surface area contributed by atoms with Crippen LogP contribution in [-0.4, -0.2) is 59.4 Å². The molecule has 6 nitrogen and oxygen atoms in total. The maximum atomic E-state index is 13.1. The smallest absolute Gasteiger partial charge is 0.308 e. The first kappa shape index (κ1) is 20.9. The average molecular weight is 374 g/mol. The summed E-state index contributed by atoms with van der Waals surface area (Å²) in [7, 11) is 1.65. The Morgan fingerprint density at radius 1 is 1.26 bits per heavy atom. The molecule has 6 heteroatoms. The lowest BCUT2D eigenvalue weighted by atomic mass is 9.84. The van der Waals surface area contributed by atoms with Gasteiger partial charge in [0.05, 0.1) is 18.4 Å². The van der Waals surface area contributed by atoms with E-state index in [0.29, 0.717) is 19.4 Å². The zero-order valence-corrected chi connectivity index (χ0v) is 16.4. The summed E-state index contributed by atoms with van der Waals surface area (Å²) >= 11 is 0. The standard InChI is InChI=1S/C21H30N2O4/c1-4-15(2)19(16-9-6-5-7-10-16)20(25)22(3)14-18(24)23-12-8-11-17(13-23)21(26)27/h5-7,9-10,15,17,19H,4,8,11-14H2,1-3H3,(H,26,27). The van der Waals surface area contributed by atoms with Crippen LogP contribution in [0.1, 0.15) is 44.6 Å². The van der Waals surface area contributed by atoms with E-state index in [-0.39, 0.29) is 36.7 Å². The highest BCUT2D eigenvalue weighted by molar-refractivity contribution is 5.88. The maximum Gasteiger partial charge on any atom is 0.308 e. The minimum Gasteiger partial charge on any atom is -0.481 e. The average Bonchev–Trinajstić information content (AvgIpc) is 2.68. The van der Waals surface area contributed by atoms with Crippen LogP contribution in [0.15, 0.2) is 30.3 Å². The number of likely N-dealkylation sites (tertiary alicyclic amines) is 1. The van der Waals surface area contributed by atoms with Crippen molar-refractivity contribution in [2.24, 2.45) is 11.8 Å². The molecule has 1 fully saturated rings. The van der Waals surface area contributed by atoms with Crippen molar-refractivity contribution in [3.8, 4) is 0 Å². The Bertz CT molecular complexity index is 661. The molecule has 1 aliphatic rings. The van der Waals surface area contributed by atoms with Gasteiger partial charge in [0.1, 0.15) is 0 Å². The van der Waals surface area contributed by atoms with Gasteiger partial charge in [0.2, 0.25) is 11.8 Å². The zero-order chi connectivity index (χ0) is 20.0. The van der Waals surface area contributed by atoms with E-state index in [2.05, 4.69) is 6.92 Å². The van der Waals surface area contributed by atoms with E-state index in [0.717, 1.165) is 12.0 Å². The quantitative estimate of drug-likeness (QED) is 0.796. The number of aliphatic carboxylic acids is 1. The van der Waals surface area contributed by atoms with E-state index in [1.807, 2.05) is 37.3 Å². The van der Waals surface area contributed by atoms with Crippen molar-refractivity contribution in [3.63, 3.8) is 0 Å². The molecule has 0 aliphatic carbocycles. The van der Waals surface area contributed by atoms with Crippen LogP contribution in [-0.2, 0) is 14.4 Å². The summed E-state index contributed by atoms with van der Waals surface area (Å²) in [6.07, 6.45) is 2.14. The predicted octanol–water partition coefficient (Wildman–Crippen LogP) is 2.60. The molecule has 2 rings (SSSR count). The summed E-state index contributed by atoms with van der Waals surface area (Å²) in [6.45, 7) is 4.86. The van der Waals surface area contributed by atoms with Crippen molar-refractivity contribution < 1.29 is 19.5 Å². The molecule has 0 aromatic heterocycles. The van der Waals surface area contributed by atoms with Gasteiger partial charge in [-0.1, -0.05) is 50.6 Å². The third-order valence-electron chi connectivity index (χ3n) is 5.51. The van der Waals surface area contributed by atoms with E-state index in [1.165, 1.54) is 4.90 Å². The third kappa shape index (κ3) is 5.31. The second kappa shape index (κ2) is 9.53. The first-order chi connectivity index (χ1) is 12.8. The molecule has 0 saturated carbocycles. The van der Waals surface area contributed by atoms with E-state index in [9.17, 15) is 19.5 Å². The molecule has 0 bridgehead atoms. The highest BCUT2D eigenvalue weighted by Gasteiger charge is 2.32. The van der Waals surface area contributed by atoms with Crippen LogP contribution >= 0.6 is 0 Å². The maximum absolute atomic E-state index is 13.1. The van der Waals surface area contributed by atoms with Crippen LogP contribution in [0.2, 0.25) is 0 Å². The fraction of sp³-hybridized carbons (Fsp3) is 0.571. The molecular weight excluding hydrogens is 344 g/mol. The van der Waals surface area contributed by atoms with Gasteiger partial charge in [0.25, 0.3) is 0 Å². The third-order valence-corrected chi connectivity index (χ3v) is 5.51. The zero-order valence-electron chi connectivity index (χ0n) is 16.4. The van der Waals surface area contributed by atoms with E-state index in [4.69, 9.17) is 0 Å². The summed E-state index contributed by atoms with van der Waals surface area (Å²) in [5.41, 5.74) is 0.958. The Labute approximate surface area is 161 Å². The first-order valence-corrected chi connectivity index (χ1v) is 9.65. The van der Waals surface area contributed by atoms with Gasteiger partial charge in [-0.3, -0.25) is 14.4 Å². The van der Waals surface area contributed by atoms with Gasteiger partial charge in [-0.25, -0.2) is 0 Å². The SMILES string of the molecule is CCC(C)C(C(=O)N(C)CC(=O)N1CCCC(C(=O)O)C1)c1ccccc1. The molecule has 27 heavy (non-hydrogen) atoms. The van der Waals surface area contributed by atoms with Crippen LogP contribution < -0.4 is 0 Å². The highest BCUT2D eigenvalue weighted by Crippen LogP contribution is 2.29. The number of nitrogens with zero attached hydrogens (tertiary/aromatic N) is 2. The van der Waals surface area contributed by atoms with Crippen molar-refractivity contribution in [2.45, 2.75) is 39.0 Å². The van der Waals surface area contributed by atoms with Gasteiger partial charge >= 0.3 is 5.97 Å². The molecular formula is C21H30N2O4. The van der Waals surface area contributed by atoms with E-state index >= 15 is 0 Å². The monoisotopic (exact) mass is 374 g/mol. The fourth-order valence-corrected chi connectivity index (χ4v) is 3.63. The van der Waals surface area contributed by atoms with Crippen LogP contribution in [0.5, 0.6) is 0 Å². The lowest BCUT2D eigenvalue weighted by Crippen LogP contribution is -2.47. The molecule has 3 unspecified atom stereocenters. The fourth-order valence-electron chi connectivity index (χ4n) is 3.63. The van der Waals surface area contributed by atoms with E-state index < -0.39 is 11.9 Å². The number of hydrogen-bond donors (Lipinski definition) is 1. The number of rotatable bonds is 7. The number of hydrogen-bond acceptors (Lipinski definition) is 3. The topological polar surface area (TPSA) is 77.9 Å². The van der Waals surface area contributed by atoms with Gasteiger partial charge in [0.15, 0.2) is 0 Å². The number of likely N-dealkylation sites (N-methyl/N-ethyl adjacent to an activating group) is 1. The van der Waals surface area contributed by atoms with Crippen LogP contribution in [0.25, 0.3) is 0 Å². The molecule has 1 aromatic rings. The summed E-state index contributed by atoms with van der Waals surface area (Å²) in [5.74, 6) is -1.77. The number of carbonyl (C=O) groups is 3. The van der Waals surface area contributed by atoms with Gasteiger partial charge in [0, 0.05) is 20.1 Å². The summed E-state index contributed by atoms with van der Waals surface area (Å²) in [6, 6.07) is 9.66. The highest BCUT2D eigenvalue weighted by atomic mass is 16.4. The van der Waals surface area contributed by atoms with Gasteiger partial charge < -0.3 is 14.9 Å². The van der Waals surface area contributed by atoms with Crippen molar-refractivity contribution in [1.29, 1.82) is 0 Å². The lowest BCUT2D eigenvalue weighted by Gasteiger charge is -2.33. The minimum absolute atomic E-state index is 0.0229. The Morgan fingerprint density at radius 2 is 1.93 bits per heavy atom. The molecule has 1 heterocycles. The number of benzene rings is 1. The molecule has 2 amide bonds. The number of carboxylic acid groups (broad SMARTS) is 1. The molecule has 1 N–H and O–H groups in total. The molecule has 3 atom stereocenters. The number of carbonyl (C=O) groups excluding carboxylic acids is 2. The van der Waals surface area contributed by atoms with Crippen LogP contribution in [0, 0.1) is 11.8 Å².